The zero-order chi connectivity index (χ0) is 14.5. The number of aliphatic hydroxyl groups excluding tert-OH is 1. The number of likely N-dealkylation sites (tertiary alicyclic amines) is 1. The minimum absolute atomic E-state index is 0.0193. The van der Waals surface area contributed by atoms with Gasteiger partial charge in [-0.2, -0.15) is 0 Å². The number of carbonyl (C=O) groups excluding carboxylic acids is 1. The Morgan fingerprint density at radius 1 is 1.40 bits per heavy atom. The van der Waals surface area contributed by atoms with Crippen LogP contribution in [0.2, 0.25) is 0 Å². The largest absolute Gasteiger partial charge is 0.394 e. The van der Waals surface area contributed by atoms with Crippen molar-refractivity contribution >= 4 is 5.91 Å². The van der Waals surface area contributed by atoms with Gasteiger partial charge in [-0.1, -0.05) is 13.8 Å². The van der Waals surface area contributed by atoms with Gasteiger partial charge in [0.15, 0.2) is 0 Å². The smallest absolute Gasteiger partial charge is 0.244 e. The van der Waals surface area contributed by atoms with E-state index in [1.165, 1.54) is 0 Å². The molecule has 4 atom stereocenters. The van der Waals surface area contributed by atoms with Crippen LogP contribution in [0.15, 0.2) is 0 Å². The van der Waals surface area contributed by atoms with Gasteiger partial charge in [0.2, 0.25) is 5.91 Å². The molecule has 2 aliphatic heterocycles. The zero-order valence-corrected chi connectivity index (χ0v) is 12.5. The first-order valence-corrected chi connectivity index (χ1v) is 7.77. The van der Waals surface area contributed by atoms with Gasteiger partial charge in [-0.25, -0.2) is 0 Å². The number of nitrogens with zero attached hydrogens (tertiary/aromatic N) is 1. The Bertz CT molecular complexity index is 412. The molecule has 1 saturated carbocycles. The Morgan fingerprint density at radius 2 is 2.15 bits per heavy atom. The topological polar surface area (TPSA) is 75.8 Å². The quantitative estimate of drug-likeness (QED) is 0.773. The highest BCUT2D eigenvalue weighted by Crippen LogP contribution is 2.58. The molecule has 3 fully saturated rings. The monoisotopic (exact) mass is 282 g/mol. The van der Waals surface area contributed by atoms with Crippen molar-refractivity contribution in [1.82, 2.24) is 4.90 Å². The van der Waals surface area contributed by atoms with E-state index in [0.29, 0.717) is 0 Å². The van der Waals surface area contributed by atoms with E-state index < -0.39 is 5.54 Å². The molecule has 0 spiro atoms. The van der Waals surface area contributed by atoms with E-state index in [2.05, 4.69) is 0 Å². The van der Waals surface area contributed by atoms with Crippen LogP contribution in [0.1, 0.15) is 39.5 Å². The average Bonchev–Trinajstić information content (AvgIpc) is 2.93. The SMILES string of the molecule is CC1(C)C2OCCCC2C1(N)C(=O)N1CCC[C@H]1CO. The molecular formula is C15H26N2O3. The highest BCUT2D eigenvalue weighted by molar-refractivity contribution is 5.90. The molecule has 3 aliphatic rings. The van der Waals surface area contributed by atoms with Crippen LogP contribution in [0.4, 0.5) is 0 Å². The summed E-state index contributed by atoms with van der Waals surface area (Å²) < 4.78 is 5.85. The molecule has 3 N–H and O–H groups in total. The van der Waals surface area contributed by atoms with E-state index in [1.807, 2.05) is 18.7 Å². The van der Waals surface area contributed by atoms with Crippen LogP contribution in [-0.2, 0) is 9.53 Å². The Kier molecular flexibility index (Phi) is 3.35. The summed E-state index contributed by atoms with van der Waals surface area (Å²) in [6.45, 7) is 5.62. The number of hydrogen-bond donors (Lipinski definition) is 2. The molecule has 0 aromatic heterocycles. The second kappa shape index (κ2) is 4.68. The third-order valence-corrected chi connectivity index (χ3v) is 5.89. The molecule has 2 heterocycles. The first-order valence-electron chi connectivity index (χ1n) is 7.77. The second-order valence-electron chi connectivity index (χ2n) is 7.11. The van der Waals surface area contributed by atoms with Gasteiger partial charge in [-0.15, -0.1) is 0 Å². The Balaban J connectivity index is 1.85. The summed E-state index contributed by atoms with van der Waals surface area (Å²) in [5.41, 5.74) is 5.45. The van der Waals surface area contributed by atoms with Crippen molar-refractivity contribution in [3.63, 3.8) is 0 Å². The van der Waals surface area contributed by atoms with Crippen LogP contribution in [0.25, 0.3) is 0 Å². The first-order chi connectivity index (χ1) is 9.44. The predicted octanol–water partition coefficient (Wildman–Crippen LogP) is 0.502. The van der Waals surface area contributed by atoms with Crippen molar-refractivity contribution < 1.29 is 14.6 Å². The molecule has 0 bridgehead atoms. The lowest BCUT2D eigenvalue weighted by atomic mass is 9.46. The first kappa shape index (κ1) is 14.3. The highest BCUT2D eigenvalue weighted by atomic mass is 16.5. The number of fused-ring (bicyclic) bond motifs is 1. The van der Waals surface area contributed by atoms with Crippen molar-refractivity contribution in [2.45, 2.75) is 57.2 Å². The highest BCUT2D eigenvalue weighted by Gasteiger charge is 2.71. The van der Waals surface area contributed by atoms with Crippen molar-refractivity contribution in [1.29, 1.82) is 0 Å². The minimum Gasteiger partial charge on any atom is -0.394 e. The van der Waals surface area contributed by atoms with Gasteiger partial charge in [0.1, 0.15) is 5.54 Å². The van der Waals surface area contributed by atoms with Crippen LogP contribution in [0.5, 0.6) is 0 Å². The van der Waals surface area contributed by atoms with Crippen LogP contribution < -0.4 is 5.73 Å². The molecular weight excluding hydrogens is 256 g/mol. The fourth-order valence-electron chi connectivity index (χ4n) is 4.54. The third-order valence-electron chi connectivity index (χ3n) is 5.89. The molecule has 114 valence electrons. The van der Waals surface area contributed by atoms with Gasteiger partial charge >= 0.3 is 0 Å². The molecule has 3 unspecified atom stereocenters. The predicted molar refractivity (Wildman–Crippen MR) is 75.0 cm³/mol. The maximum Gasteiger partial charge on any atom is 0.244 e. The molecule has 20 heavy (non-hydrogen) atoms. The molecule has 5 heteroatoms. The number of carbonyl (C=O) groups is 1. The Hall–Kier alpha value is -0.650. The summed E-state index contributed by atoms with van der Waals surface area (Å²) in [4.78, 5) is 14.8. The average molecular weight is 282 g/mol. The van der Waals surface area contributed by atoms with Gasteiger partial charge < -0.3 is 20.5 Å². The lowest BCUT2D eigenvalue weighted by Crippen LogP contribution is -2.82. The fraction of sp³-hybridized carbons (Fsp3) is 0.933. The molecule has 1 aliphatic carbocycles. The van der Waals surface area contributed by atoms with Crippen molar-refractivity contribution in [2.75, 3.05) is 19.8 Å². The number of amides is 1. The van der Waals surface area contributed by atoms with Gasteiger partial charge in [-0.3, -0.25) is 4.79 Å². The number of rotatable bonds is 2. The minimum atomic E-state index is -0.837. The van der Waals surface area contributed by atoms with Crippen LogP contribution in [-0.4, -0.2) is 53.4 Å². The molecule has 1 amide bonds. The summed E-state index contributed by atoms with van der Waals surface area (Å²) in [6.07, 6.45) is 3.88. The summed E-state index contributed by atoms with van der Waals surface area (Å²) in [6, 6.07) is -0.0534. The Labute approximate surface area is 120 Å². The van der Waals surface area contributed by atoms with Gasteiger partial charge in [0.25, 0.3) is 0 Å². The summed E-state index contributed by atoms with van der Waals surface area (Å²) in [5, 5.41) is 9.44. The standard InChI is InChI=1S/C15H26N2O3/c1-14(2)12-11(6-4-8-20-12)15(14,16)13(19)17-7-3-5-10(17)9-18/h10-12,18H,3-9,16H2,1-2H3/t10-,11?,12?,15?/m0/s1. The van der Waals surface area contributed by atoms with E-state index in [-0.39, 0.29) is 36.0 Å². The molecule has 2 saturated heterocycles. The van der Waals surface area contributed by atoms with E-state index >= 15 is 0 Å². The van der Waals surface area contributed by atoms with Crippen LogP contribution >= 0.6 is 0 Å². The third kappa shape index (κ3) is 1.63. The Morgan fingerprint density at radius 3 is 2.85 bits per heavy atom. The molecule has 0 aromatic carbocycles. The number of ether oxygens (including phenoxy) is 1. The zero-order valence-electron chi connectivity index (χ0n) is 12.5. The van der Waals surface area contributed by atoms with Crippen molar-refractivity contribution in [3.8, 4) is 0 Å². The van der Waals surface area contributed by atoms with Crippen molar-refractivity contribution in [3.05, 3.63) is 0 Å². The van der Waals surface area contributed by atoms with Crippen molar-refractivity contribution in [2.24, 2.45) is 17.1 Å². The maximum absolute atomic E-state index is 13.0. The molecule has 5 nitrogen and oxygen atoms in total. The van der Waals surface area contributed by atoms with E-state index in [1.54, 1.807) is 0 Å². The summed E-state index contributed by atoms with van der Waals surface area (Å²) in [5.74, 6) is 0.143. The van der Waals surface area contributed by atoms with Gasteiger partial charge in [0.05, 0.1) is 18.8 Å². The summed E-state index contributed by atoms with van der Waals surface area (Å²) in [7, 11) is 0. The summed E-state index contributed by atoms with van der Waals surface area (Å²) >= 11 is 0. The van der Waals surface area contributed by atoms with Gasteiger partial charge in [0, 0.05) is 24.5 Å². The fourth-order valence-corrected chi connectivity index (χ4v) is 4.54. The van der Waals surface area contributed by atoms with E-state index in [9.17, 15) is 9.90 Å². The van der Waals surface area contributed by atoms with E-state index in [0.717, 1.165) is 38.8 Å². The molecule has 0 aromatic rings. The van der Waals surface area contributed by atoms with Crippen LogP contribution in [0, 0.1) is 11.3 Å². The molecule has 0 radical (unpaired) electrons. The lowest BCUT2D eigenvalue weighted by Gasteiger charge is -2.65. The lowest BCUT2D eigenvalue weighted by molar-refractivity contribution is -0.230. The van der Waals surface area contributed by atoms with E-state index in [4.69, 9.17) is 10.5 Å². The van der Waals surface area contributed by atoms with Crippen LogP contribution in [0.3, 0.4) is 0 Å². The normalized spacial score (nSPS) is 43.0. The number of aliphatic hydroxyl groups is 1. The second-order valence-corrected chi connectivity index (χ2v) is 7.11. The number of nitrogens with two attached hydrogens (primary N) is 1. The van der Waals surface area contributed by atoms with Gasteiger partial charge in [-0.05, 0) is 25.7 Å². The number of hydrogen-bond acceptors (Lipinski definition) is 4. The maximum atomic E-state index is 13.0. The molecule has 3 rings (SSSR count).